The molecule has 0 unspecified atom stereocenters. The van der Waals surface area contributed by atoms with Gasteiger partial charge in [0.25, 0.3) is 11.8 Å². The van der Waals surface area contributed by atoms with Crippen molar-refractivity contribution in [2.45, 2.75) is 25.8 Å². The standard InChI is InChI=1S/C21H23ClN2O3/c1-2-27-17-9-7-15(8-10-17)20(25)23-16-11-13-24(14-12-16)21(26)18-5-3-4-6-19(18)22/h3-10,16H,2,11-14H2,1H3,(H,23,25). The molecule has 0 saturated carbocycles. The molecule has 1 fully saturated rings. The fourth-order valence-electron chi connectivity index (χ4n) is 3.17. The molecule has 27 heavy (non-hydrogen) atoms. The molecule has 2 aromatic carbocycles. The molecule has 0 atom stereocenters. The molecule has 5 nitrogen and oxygen atoms in total. The van der Waals surface area contributed by atoms with Crippen LogP contribution in [0.1, 0.15) is 40.5 Å². The Hall–Kier alpha value is -2.53. The van der Waals surface area contributed by atoms with Gasteiger partial charge in [0.2, 0.25) is 0 Å². The maximum Gasteiger partial charge on any atom is 0.255 e. The molecule has 3 rings (SSSR count). The normalized spacial score (nSPS) is 14.7. The van der Waals surface area contributed by atoms with E-state index < -0.39 is 0 Å². The number of nitrogens with zero attached hydrogens (tertiary/aromatic N) is 1. The van der Waals surface area contributed by atoms with Gasteiger partial charge in [-0.3, -0.25) is 9.59 Å². The number of hydrogen-bond donors (Lipinski definition) is 1. The third kappa shape index (κ3) is 4.80. The summed E-state index contributed by atoms with van der Waals surface area (Å²) in [4.78, 5) is 26.8. The predicted molar refractivity (Wildman–Crippen MR) is 105 cm³/mol. The summed E-state index contributed by atoms with van der Waals surface area (Å²) in [6.07, 6.45) is 1.44. The number of nitrogens with one attached hydrogen (secondary N) is 1. The lowest BCUT2D eigenvalue weighted by Gasteiger charge is -2.32. The first-order valence-electron chi connectivity index (χ1n) is 9.16. The summed E-state index contributed by atoms with van der Waals surface area (Å²) >= 11 is 6.12. The highest BCUT2D eigenvalue weighted by molar-refractivity contribution is 6.33. The minimum atomic E-state index is -0.103. The Labute approximate surface area is 164 Å². The van der Waals surface area contributed by atoms with Gasteiger partial charge in [-0.25, -0.2) is 0 Å². The van der Waals surface area contributed by atoms with Crippen LogP contribution in [0, 0.1) is 0 Å². The van der Waals surface area contributed by atoms with Crippen molar-refractivity contribution in [1.29, 1.82) is 0 Å². The van der Waals surface area contributed by atoms with Gasteiger partial charge in [0.1, 0.15) is 5.75 Å². The second-order valence-electron chi connectivity index (χ2n) is 6.48. The highest BCUT2D eigenvalue weighted by Gasteiger charge is 2.25. The Morgan fingerprint density at radius 2 is 1.78 bits per heavy atom. The fourth-order valence-corrected chi connectivity index (χ4v) is 3.39. The van der Waals surface area contributed by atoms with Crippen LogP contribution in [-0.2, 0) is 0 Å². The molecule has 1 heterocycles. The Bertz CT molecular complexity index is 799. The van der Waals surface area contributed by atoms with E-state index >= 15 is 0 Å². The highest BCUT2D eigenvalue weighted by atomic mass is 35.5. The molecule has 6 heteroatoms. The number of hydrogen-bond acceptors (Lipinski definition) is 3. The van der Waals surface area contributed by atoms with Crippen LogP contribution in [0.2, 0.25) is 5.02 Å². The van der Waals surface area contributed by atoms with E-state index in [4.69, 9.17) is 16.3 Å². The van der Waals surface area contributed by atoms with E-state index in [9.17, 15) is 9.59 Å². The van der Waals surface area contributed by atoms with E-state index in [1.54, 1.807) is 41.3 Å². The number of piperidine rings is 1. The SMILES string of the molecule is CCOc1ccc(C(=O)NC2CCN(C(=O)c3ccccc3Cl)CC2)cc1. The number of benzene rings is 2. The van der Waals surface area contributed by atoms with Crippen molar-refractivity contribution in [3.8, 4) is 5.75 Å². The predicted octanol–water partition coefficient (Wildman–Crippen LogP) is 3.77. The summed E-state index contributed by atoms with van der Waals surface area (Å²) in [6.45, 7) is 3.71. The zero-order valence-electron chi connectivity index (χ0n) is 15.3. The van der Waals surface area contributed by atoms with Crippen LogP contribution >= 0.6 is 11.6 Å². The Morgan fingerprint density at radius 3 is 2.41 bits per heavy atom. The van der Waals surface area contributed by atoms with Crippen LogP contribution in [0.15, 0.2) is 48.5 Å². The zero-order chi connectivity index (χ0) is 19.2. The van der Waals surface area contributed by atoms with E-state index in [0.717, 1.165) is 18.6 Å². The topological polar surface area (TPSA) is 58.6 Å². The first-order chi connectivity index (χ1) is 13.1. The van der Waals surface area contributed by atoms with Gasteiger partial charge in [-0.05, 0) is 56.2 Å². The summed E-state index contributed by atoms with van der Waals surface area (Å²) in [5.74, 6) is 0.589. The van der Waals surface area contributed by atoms with E-state index in [2.05, 4.69) is 5.32 Å². The Balaban J connectivity index is 1.52. The van der Waals surface area contributed by atoms with E-state index in [1.165, 1.54) is 0 Å². The van der Waals surface area contributed by atoms with Gasteiger partial charge >= 0.3 is 0 Å². The second-order valence-corrected chi connectivity index (χ2v) is 6.88. The van der Waals surface area contributed by atoms with Crippen molar-refractivity contribution in [2.24, 2.45) is 0 Å². The first-order valence-corrected chi connectivity index (χ1v) is 9.54. The Kier molecular flexibility index (Phi) is 6.35. The minimum absolute atomic E-state index is 0.0550. The van der Waals surface area contributed by atoms with Gasteiger partial charge in [-0.2, -0.15) is 0 Å². The number of halogens is 1. The largest absolute Gasteiger partial charge is 0.494 e. The van der Waals surface area contributed by atoms with Crippen molar-refractivity contribution < 1.29 is 14.3 Å². The number of likely N-dealkylation sites (tertiary alicyclic amines) is 1. The lowest BCUT2D eigenvalue weighted by molar-refractivity contribution is 0.0698. The van der Waals surface area contributed by atoms with Gasteiger partial charge in [0.05, 0.1) is 17.2 Å². The molecule has 0 bridgehead atoms. The van der Waals surface area contributed by atoms with Crippen LogP contribution in [0.4, 0.5) is 0 Å². The van der Waals surface area contributed by atoms with Crippen molar-refractivity contribution in [3.63, 3.8) is 0 Å². The molecular weight excluding hydrogens is 364 g/mol. The second kappa shape index (κ2) is 8.91. The van der Waals surface area contributed by atoms with Crippen LogP contribution in [0.25, 0.3) is 0 Å². The van der Waals surface area contributed by atoms with Crippen LogP contribution in [0.3, 0.4) is 0 Å². The van der Waals surface area contributed by atoms with E-state index in [0.29, 0.717) is 35.8 Å². The molecule has 2 aromatic rings. The van der Waals surface area contributed by atoms with E-state index in [-0.39, 0.29) is 17.9 Å². The lowest BCUT2D eigenvalue weighted by atomic mass is 10.0. The van der Waals surface area contributed by atoms with Crippen molar-refractivity contribution in [2.75, 3.05) is 19.7 Å². The minimum Gasteiger partial charge on any atom is -0.494 e. The highest BCUT2D eigenvalue weighted by Crippen LogP contribution is 2.20. The summed E-state index contributed by atoms with van der Waals surface area (Å²) in [7, 11) is 0. The molecule has 142 valence electrons. The number of ether oxygens (including phenoxy) is 1. The van der Waals surface area contributed by atoms with Gasteiger partial charge in [0.15, 0.2) is 0 Å². The monoisotopic (exact) mass is 386 g/mol. The molecule has 1 aliphatic heterocycles. The maximum atomic E-state index is 12.6. The molecule has 0 radical (unpaired) electrons. The third-order valence-electron chi connectivity index (χ3n) is 4.65. The Morgan fingerprint density at radius 1 is 1.11 bits per heavy atom. The molecular formula is C21H23ClN2O3. The molecule has 0 aromatic heterocycles. The smallest absolute Gasteiger partial charge is 0.255 e. The molecule has 1 aliphatic rings. The lowest BCUT2D eigenvalue weighted by Crippen LogP contribution is -2.46. The van der Waals surface area contributed by atoms with Gasteiger partial charge in [-0.1, -0.05) is 23.7 Å². The van der Waals surface area contributed by atoms with Gasteiger partial charge in [-0.15, -0.1) is 0 Å². The average molecular weight is 387 g/mol. The van der Waals surface area contributed by atoms with Crippen LogP contribution < -0.4 is 10.1 Å². The molecule has 0 spiro atoms. The molecule has 0 aliphatic carbocycles. The van der Waals surface area contributed by atoms with E-state index in [1.807, 2.05) is 19.1 Å². The van der Waals surface area contributed by atoms with Crippen LogP contribution in [-0.4, -0.2) is 42.5 Å². The first kappa shape index (κ1) is 19.2. The van der Waals surface area contributed by atoms with Gasteiger partial charge in [0, 0.05) is 24.7 Å². The number of amides is 2. The van der Waals surface area contributed by atoms with Gasteiger partial charge < -0.3 is 15.0 Å². The average Bonchev–Trinajstić information content (AvgIpc) is 2.69. The summed E-state index contributed by atoms with van der Waals surface area (Å²) < 4.78 is 5.39. The summed E-state index contributed by atoms with van der Waals surface area (Å²) in [6, 6.07) is 14.2. The van der Waals surface area contributed by atoms with Crippen molar-refractivity contribution >= 4 is 23.4 Å². The molecule has 1 saturated heterocycles. The fraction of sp³-hybridized carbons (Fsp3) is 0.333. The number of carbonyl (C=O) groups excluding carboxylic acids is 2. The van der Waals surface area contributed by atoms with Crippen molar-refractivity contribution in [1.82, 2.24) is 10.2 Å². The summed E-state index contributed by atoms with van der Waals surface area (Å²) in [5.41, 5.74) is 1.13. The maximum absolute atomic E-state index is 12.6. The number of rotatable bonds is 5. The molecule has 1 N–H and O–H groups in total. The zero-order valence-corrected chi connectivity index (χ0v) is 16.0. The summed E-state index contributed by atoms with van der Waals surface area (Å²) in [5, 5.41) is 3.52. The third-order valence-corrected chi connectivity index (χ3v) is 4.98. The van der Waals surface area contributed by atoms with Crippen LogP contribution in [0.5, 0.6) is 5.75 Å². The quantitative estimate of drug-likeness (QED) is 0.850. The van der Waals surface area contributed by atoms with Crippen molar-refractivity contribution in [3.05, 3.63) is 64.7 Å². The number of carbonyl (C=O) groups is 2. The molecule has 2 amide bonds.